The summed E-state index contributed by atoms with van der Waals surface area (Å²) in [4.78, 5) is 13.0. The van der Waals surface area contributed by atoms with Crippen LogP contribution in [0.4, 0.5) is 0 Å². The minimum absolute atomic E-state index is 0.230. The van der Waals surface area contributed by atoms with Crippen molar-refractivity contribution >= 4 is 5.91 Å². The Morgan fingerprint density at radius 2 is 1.93 bits per heavy atom. The minimum atomic E-state index is 0.230. The van der Waals surface area contributed by atoms with E-state index in [1.807, 2.05) is 14.1 Å². The molecule has 0 spiro atoms. The highest BCUT2D eigenvalue weighted by Crippen LogP contribution is 2.28. The van der Waals surface area contributed by atoms with Crippen LogP contribution in [0.1, 0.15) is 45.4 Å². The van der Waals surface area contributed by atoms with Crippen LogP contribution < -0.4 is 5.32 Å². The van der Waals surface area contributed by atoms with E-state index in [4.69, 9.17) is 0 Å². The third kappa shape index (κ3) is 4.20. The van der Waals surface area contributed by atoms with Crippen LogP contribution in [0, 0.1) is 0 Å². The van der Waals surface area contributed by atoms with Crippen molar-refractivity contribution < 1.29 is 4.79 Å². The van der Waals surface area contributed by atoms with Gasteiger partial charge in [0.15, 0.2) is 0 Å². The van der Waals surface area contributed by atoms with Crippen molar-refractivity contribution in [2.24, 2.45) is 0 Å². The van der Waals surface area contributed by atoms with E-state index in [0.717, 1.165) is 13.0 Å². The van der Waals surface area contributed by atoms with Gasteiger partial charge in [-0.2, -0.15) is 0 Å². The molecule has 1 fully saturated rings. The Morgan fingerprint density at radius 1 is 1.33 bits per heavy atom. The fraction of sp³-hybridized carbons (Fsp3) is 0.917. The van der Waals surface area contributed by atoms with Gasteiger partial charge in [-0.1, -0.05) is 12.8 Å². The van der Waals surface area contributed by atoms with Crippen molar-refractivity contribution in [1.82, 2.24) is 10.2 Å². The van der Waals surface area contributed by atoms with Gasteiger partial charge >= 0.3 is 0 Å². The Labute approximate surface area is 93.2 Å². The van der Waals surface area contributed by atoms with E-state index in [0.29, 0.717) is 12.0 Å². The molecule has 0 bridgehead atoms. The second kappa shape index (κ2) is 5.50. The highest BCUT2D eigenvalue weighted by Gasteiger charge is 2.27. The quantitative estimate of drug-likeness (QED) is 0.705. The van der Waals surface area contributed by atoms with E-state index in [1.165, 1.54) is 25.7 Å². The van der Waals surface area contributed by atoms with E-state index in [2.05, 4.69) is 12.2 Å². The van der Waals surface area contributed by atoms with Crippen molar-refractivity contribution in [3.8, 4) is 0 Å². The minimum Gasteiger partial charge on any atom is -0.349 e. The number of hydrogen-bond donors (Lipinski definition) is 1. The van der Waals surface area contributed by atoms with Gasteiger partial charge < -0.3 is 10.2 Å². The van der Waals surface area contributed by atoms with E-state index in [1.54, 1.807) is 4.90 Å². The number of nitrogens with one attached hydrogen (secondary N) is 1. The number of rotatable bonds is 5. The molecule has 0 aromatic heterocycles. The van der Waals surface area contributed by atoms with Crippen LogP contribution in [-0.4, -0.2) is 37.0 Å². The maximum atomic E-state index is 11.3. The van der Waals surface area contributed by atoms with Gasteiger partial charge in [-0.3, -0.25) is 4.79 Å². The predicted octanol–water partition coefficient (Wildman–Crippen LogP) is 1.78. The first-order valence-corrected chi connectivity index (χ1v) is 5.99. The Bertz CT molecular complexity index is 208. The smallest absolute Gasteiger partial charge is 0.222 e. The molecule has 1 amide bonds. The summed E-state index contributed by atoms with van der Waals surface area (Å²) in [6.45, 7) is 3.27. The predicted molar refractivity (Wildman–Crippen MR) is 62.8 cm³/mol. The molecule has 0 radical (unpaired) electrons. The van der Waals surface area contributed by atoms with Crippen LogP contribution in [0.15, 0.2) is 0 Å². The molecule has 0 heterocycles. The van der Waals surface area contributed by atoms with Crippen LogP contribution in [0.2, 0.25) is 0 Å². The molecule has 0 atom stereocenters. The Balaban J connectivity index is 2.08. The molecule has 1 N–H and O–H groups in total. The number of nitrogens with zero attached hydrogens (tertiary/aromatic N) is 1. The summed E-state index contributed by atoms with van der Waals surface area (Å²) >= 11 is 0. The average Bonchev–Trinajstić information content (AvgIpc) is 2.60. The van der Waals surface area contributed by atoms with E-state index < -0.39 is 0 Å². The highest BCUT2D eigenvalue weighted by atomic mass is 16.2. The van der Waals surface area contributed by atoms with Gasteiger partial charge in [-0.05, 0) is 32.7 Å². The summed E-state index contributed by atoms with van der Waals surface area (Å²) in [7, 11) is 3.63. The lowest BCUT2D eigenvalue weighted by molar-refractivity contribution is -0.128. The molecular weight excluding hydrogens is 188 g/mol. The van der Waals surface area contributed by atoms with Gasteiger partial charge in [0.1, 0.15) is 0 Å². The molecule has 0 saturated heterocycles. The topological polar surface area (TPSA) is 32.3 Å². The molecule has 0 aromatic carbocycles. The molecule has 3 nitrogen and oxygen atoms in total. The van der Waals surface area contributed by atoms with Gasteiger partial charge in [0.2, 0.25) is 5.91 Å². The van der Waals surface area contributed by atoms with E-state index in [-0.39, 0.29) is 5.91 Å². The third-order valence-electron chi connectivity index (χ3n) is 3.33. The largest absolute Gasteiger partial charge is 0.349 e. The fourth-order valence-electron chi connectivity index (χ4n) is 2.19. The van der Waals surface area contributed by atoms with Gasteiger partial charge in [0, 0.05) is 26.1 Å². The van der Waals surface area contributed by atoms with Crippen molar-refractivity contribution in [2.75, 3.05) is 20.6 Å². The molecule has 1 saturated carbocycles. The molecule has 1 aliphatic carbocycles. The summed E-state index contributed by atoms with van der Waals surface area (Å²) in [6.07, 6.45) is 6.88. The SMILES string of the molecule is CN(C)C(=O)CCCNC1(C)CCCC1. The third-order valence-corrected chi connectivity index (χ3v) is 3.33. The molecular formula is C12H24N2O. The lowest BCUT2D eigenvalue weighted by Crippen LogP contribution is -2.40. The molecule has 0 unspecified atom stereocenters. The standard InChI is InChI=1S/C12H24N2O/c1-12(8-4-5-9-12)13-10-6-7-11(15)14(2)3/h13H,4-10H2,1-3H3. The van der Waals surface area contributed by atoms with Crippen molar-refractivity contribution in [1.29, 1.82) is 0 Å². The number of carbonyl (C=O) groups is 1. The molecule has 88 valence electrons. The van der Waals surface area contributed by atoms with E-state index in [9.17, 15) is 4.79 Å². The lowest BCUT2D eigenvalue weighted by Gasteiger charge is -2.25. The molecule has 15 heavy (non-hydrogen) atoms. The summed E-state index contributed by atoms with van der Waals surface area (Å²) in [5, 5.41) is 3.58. The van der Waals surface area contributed by atoms with Gasteiger partial charge in [-0.25, -0.2) is 0 Å². The first-order chi connectivity index (χ1) is 7.03. The van der Waals surface area contributed by atoms with Crippen LogP contribution in [0.25, 0.3) is 0 Å². The molecule has 0 aliphatic heterocycles. The van der Waals surface area contributed by atoms with Gasteiger partial charge in [-0.15, -0.1) is 0 Å². The van der Waals surface area contributed by atoms with Crippen LogP contribution in [0.5, 0.6) is 0 Å². The maximum Gasteiger partial charge on any atom is 0.222 e. The van der Waals surface area contributed by atoms with Gasteiger partial charge in [0.25, 0.3) is 0 Å². The zero-order valence-electron chi connectivity index (χ0n) is 10.3. The highest BCUT2D eigenvalue weighted by molar-refractivity contribution is 5.75. The second-order valence-electron chi connectivity index (χ2n) is 5.09. The summed E-state index contributed by atoms with van der Waals surface area (Å²) in [5.74, 6) is 0.230. The zero-order valence-corrected chi connectivity index (χ0v) is 10.3. The monoisotopic (exact) mass is 212 g/mol. The molecule has 3 heteroatoms. The van der Waals surface area contributed by atoms with Crippen molar-refractivity contribution in [3.63, 3.8) is 0 Å². The van der Waals surface area contributed by atoms with Crippen LogP contribution in [-0.2, 0) is 4.79 Å². The summed E-state index contributed by atoms with van der Waals surface area (Å²) in [6, 6.07) is 0. The molecule has 1 rings (SSSR count). The first kappa shape index (κ1) is 12.5. The maximum absolute atomic E-state index is 11.3. The first-order valence-electron chi connectivity index (χ1n) is 5.99. The number of hydrogen-bond acceptors (Lipinski definition) is 2. The molecule has 0 aromatic rings. The second-order valence-corrected chi connectivity index (χ2v) is 5.09. The zero-order chi connectivity index (χ0) is 11.3. The Morgan fingerprint density at radius 3 is 2.47 bits per heavy atom. The Hall–Kier alpha value is -0.570. The lowest BCUT2D eigenvalue weighted by atomic mass is 10.0. The summed E-state index contributed by atoms with van der Waals surface area (Å²) < 4.78 is 0. The van der Waals surface area contributed by atoms with Crippen molar-refractivity contribution in [3.05, 3.63) is 0 Å². The van der Waals surface area contributed by atoms with Crippen molar-refractivity contribution in [2.45, 2.75) is 51.0 Å². The molecule has 1 aliphatic rings. The average molecular weight is 212 g/mol. The Kier molecular flexibility index (Phi) is 4.58. The fourth-order valence-corrected chi connectivity index (χ4v) is 2.19. The number of amides is 1. The van der Waals surface area contributed by atoms with Crippen LogP contribution in [0.3, 0.4) is 0 Å². The van der Waals surface area contributed by atoms with E-state index >= 15 is 0 Å². The number of carbonyl (C=O) groups excluding carboxylic acids is 1. The normalized spacial score (nSPS) is 19.1. The van der Waals surface area contributed by atoms with Crippen LogP contribution >= 0.6 is 0 Å². The van der Waals surface area contributed by atoms with Gasteiger partial charge in [0.05, 0.1) is 0 Å². The summed E-state index contributed by atoms with van der Waals surface area (Å²) in [5.41, 5.74) is 0.348.